The summed E-state index contributed by atoms with van der Waals surface area (Å²) >= 11 is 4.19. The smallest absolute Gasteiger partial charge is 0.237 e. The van der Waals surface area contributed by atoms with E-state index >= 15 is 0 Å². The maximum atomic E-state index is 12.4. The van der Waals surface area contributed by atoms with E-state index in [0.29, 0.717) is 16.6 Å². The third-order valence-electron chi connectivity index (χ3n) is 11.2. The van der Waals surface area contributed by atoms with Gasteiger partial charge in [0.2, 0.25) is 5.91 Å². The first kappa shape index (κ1) is 26.6. The van der Waals surface area contributed by atoms with Crippen LogP contribution in [0.4, 0.5) is 0 Å². The summed E-state index contributed by atoms with van der Waals surface area (Å²) in [4.78, 5) is 12.4. The lowest BCUT2D eigenvalue weighted by molar-refractivity contribution is -0.123. The molecule has 3 fully saturated rings. The Hall–Kier alpha value is -0.480. The van der Waals surface area contributed by atoms with Crippen molar-refractivity contribution in [3.05, 3.63) is 11.6 Å². The van der Waals surface area contributed by atoms with Gasteiger partial charge >= 0.3 is 0 Å². The van der Waals surface area contributed by atoms with Crippen LogP contribution in [0.25, 0.3) is 0 Å². The van der Waals surface area contributed by atoms with Gasteiger partial charge in [-0.15, -0.1) is 0 Å². The van der Waals surface area contributed by atoms with Crippen LogP contribution in [0, 0.1) is 46.3 Å². The van der Waals surface area contributed by atoms with Crippen LogP contribution in [0.15, 0.2) is 11.6 Å². The average Bonchev–Trinajstić information content (AvgIpc) is 3.15. The molecule has 4 aliphatic carbocycles. The van der Waals surface area contributed by atoms with Crippen LogP contribution in [0.3, 0.4) is 0 Å². The molecule has 0 aromatic carbocycles. The number of thiol groups is 1. The van der Waals surface area contributed by atoms with Gasteiger partial charge in [-0.3, -0.25) is 4.79 Å². The van der Waals surface area contributed by atoms with Crippen LogP contribution < -0.4 is 11.1 Å². The van der Waals surface area contributed by atoms with E-state index in [0.717, 1.165) is 48.3 Å². The summed E-state index contributed by atoms with van der Waals surface area (Å²) in [6.45, 7) is 12.5. The van der Waals surface area contributed by atoms with Crippen molar-refractivity contribution in [2.45, 2.75) is 117 Å². The maximum absolute atomic E-state index is 12.4. The Morgan fingerprint density at radius 1 is 1.12 bits per heavy atom. The fourth-order valence-electron chi connectivity index (χ4n) is 9.20. The molecule has 0 bridgehead atoms. The molecular weight excluding hydrogens is 436 g/mol. The summed E-state index contributed by atoms with van der Waals surface area (Å²) < 4.78 is 0. The molecule has 0 saturated heterocycles. The first-order chi connectivity index (χ1) is 16.1. The zero-order chi connectivity index (χ0) is 24.7. The molecule has 9 atom stereocenters. The molecule has 3 nitrogen and oxygen atoms in total. The molecule has 2 unspecified atom stereocenters. The minimum absolute atomic E-state index is 0.0363. The van der Waals surface area contributed by atoms with Crippen molar-refractivity contribution in [2.24, 2.45) is 52.1 Å². The summed E-state index contributed by atoms with van der Waals surface area (Å²) in [5.74, 6) is 5.60. The van der Waals surface area contributed by atoms with E-state index in [1.807, 2.05) is 0 Å². The Bertz CT molecular complexity index is 765. The lowest BCUT2D eigenvalue weighted by Crippen LogP contribution is -2.53. The van der Waals surface area contributed by atoms with Crippen molar-refractivity contribution in [3.8, 4) is 0 Å². The van der Waals surface area contributed by atoms with E-state index in [-0.39, 0.29) is 11.9 Å². The van der Waals surface area contributed by atoms with E-state index in [1.165, 1.54) is 57.8 Å². The molecule has 0 heterocycles. The molecule has 0 radical (unpaired) electrons. The molecule has 194 valence electrons. The molecule has 0 aromatic heterocycles. The highest BCUT2D eigenvalue weighted by atomic mass is 32.1. The quantitative estimate of drug-likeness (QED) is 0.261. The predicted octanol–water partition coefficient (Wildman–Crippen LogP) is 6.77. The van der Waals surface area contributed by atoms with Gasteiger partial charge in [0.1, 0.15) is 0 Å². The molecule has 0 spiro atoms. The summed E-state index contributed by atoms with van der Waals surface area (Å²) in [5, 5.41) is 3.22. The first-order valence-electron chi connectivity index (χ1n) is 14.5. The SMILES string of the molecule is CC(C)CCC[C@@H](C)[C@H]1CC[C@H]2[C@@H]3CC=C4CC(NC(=O)C(N)CS)CC[C@]4(C)[C@H]3CC[C@]12C. The molecule has 3 saturated carbocycles. The van der Waals surface area contributed by atoms with Crippen LogP contribution in [0.5, 0.6) is 0 Å². The zero-order valence-corrected chi connectivity index (χ0v) is 23.5. The van der Waals surface area contributed by atoms with E-state index in [4.69, 9.17) is 5.73 Å². The van der Waals surface area contributed by atoms with Crippen molar-refractivity contribution in [2.75, 3.05) is 5.75 Å². The normalized spacial score (nSPS) is 41.2. The number of nitrogens with one attached hydrogen (secondary N) is 1. The van der Waals surface area contributed by atoms with Gasteiger partial charge in [-0.05, 0) is 97.7 Å². The maximum Gasteiger partial charge on any atom is 0.237 e. The fourth-order valence-corrected chi connectivity index (χ4v) is 9.37. The lowest BCUT2D eigenvalue weighted by atomic mass is 9.47. The molecular formula is C30H52N2OS. The van der Waals surface area contributed by atoms with E-state index < -0.39 is 6.04 Å². The van der Waals surface area contributed by atoms with E-state index in [1.54, 1.807) is 5.57 Å². The molecule has 4 aliphatic rings. The molecule has 4 heteroatoms. The lowest BCUT2D eigenvalue weighted by Gasteiger charge is -2.58. The van der Waals surface area contributed by atoms with Crippen LogP contribution in [0.2, 0.25) is 0 Å². The molecule has 1 amide bonds. The number of hydrogen-bond acceptors (Lipinski definition) is 3. The van der Waals surface area contributed by atoms with Gasteiger partial charge in [0.15, 0.2) is 0 Å². The standard InChI is InChI=1S/C30H52N2OS/c1-19(2)7-6-8-20(3)24-11-12-25-23-10-9-21-17-22(32-28(33)27(31)18-34)13-15-29(21,4)26(23)14-16-30(24,25)5/h9,19-20,22-27,34H,6-8,10-18,31H2,1-5H3,(H,32,33)/t20-,22?,23+,24-,25+,26+,27?,29+,30-/m1/s1. The summed E-state index contributed by atoms with van der Waals surface area (Å²) in [6.07, 6.45) is 17.1. The highest BCUT2D eigenvalue weighted by molar-refractivity contribution is 7.80. The van der Waals surface area contributed by atoms with Gasteiger partial charge in [-0.25, -0.2) is 0 Å². The van der Waals surface area contributed by atoms with Gasteiger partial charge < -0.3 is 11.1 Å². The van der Waals surface area contributed by atoms with Crippen molar-refractivity contribution in [1.29, 1.82) is 0 Å². The Morgan fingerprint density at radius 2 is 1.88 bits per heavy atom. The van der Waals surface area contributed by atoms with Gasteiger partial charge in [-0.2, -0.15) is 12.6 Å². The van der Waals surface area contributed by atoms with Gasteiger partial charge in [0.25, 0.3) is 0 Å². The van der Waals surface area contributed by atoms with Crippen molar-refractivity contribution < 1.29 is 4.79 Å². The zero-order valence-electron chi connectivity index (χ0n) is 22.6. The van der Waals surface area contributed by atoms with Crippen LogP contribution in [-0.4, -0.2) is 23.7 Å². The Morgan fingerprint density at radius 3 is 2.59 bits per heavy atom. The number of allylic oxidation sites excluding steroid dienone is 1. The number of carbonyl (C=O) groups is 1. The molecule has 4 rings (SSSR count). The third-order valence-corrected chi connectivity index (χ3v) is 11.6. The van der Waals surface area contributed by atoms with Crippen LogP contribution in [0.1, 0.15) is 105 Å². The summed E-state index contributed by atoms with van der Waals surface area (Å²) in [7, 11) is 0. The molecule has 34 heavy (non-hydrogen) atoms. The van der Waals surface area contributed by atoms with E-state index in [9.17, 15) is 4.79 Å². The second-order valence-corrected chi connectivity index (χ2v) is 13.9. The third kappa shape index (κ3) is 4.89. The van der Waals surface area contributed by atoms with Crippen molar-refractivity contribution >= 4 is 18.5 Å². The van der Waals surface area contributed by atoms with Gasteiger partial charge in [-0.1, -0.05) is 65.5 Å². The fraction of sp³-hybridized carbons (Fsp3) is 0.900. The number of nitrogens with two attached hydrogens (primary N) is 1. The second kappa shape index (κ2) is 10.5. The van der Waals surface area contributed by atoms with Gasteiger partial charge in [0.05, 0.1) is 6.04 Å². The summed E-state index contributed by atoms with van der Waals surface area (Å²) in [6, 6.07) is -0.258. The minimum atomic E-state index is -0.500. The molecule has 0 aliphatic heterocycles. The Labute approximate surface area is 215 Å². The second-order valence-electron chi connectivity index (χ2n) is 13.5. The Kier molecular flexibility index (Phi) is 8.19. The molecule has 3 N–H and O–H groups in total. The number of rotatable bonds is 8. The number of carbonyl (C=O) groups excluding carboxylic acids is 1. The monoisotopic (exact) mass is 488 g/mol. The number of amides is 1. The first-order valence-corrected chi connectivity index (χ1v) is 15.1. The number of hydrogen-bond donors (Lipinski definition) is 3. The van der Waals surface area contributed by atoms with Crippen molar-refractivity contribution in [1.82, 2.24) is 5.32 Å². The van der Waals surface area contributed by atoms with Gasteiger partial charge in [0, 0.05) is 11.8 Å². The van der Waals surface area contributed by atoms with E-state index in [2.05, 4.69) is 58.6 Å². The average molecular weight is 489 g/mol. The Balaban J connectivity index is 1.43. The van der Waals surface area contributed by atoms with Crippen LogP contribution in [-0.2, 0) is 4.79 Å². The molecule has 0 aromatic rings. The minimum Gasteiger partial charge on any atom is -0.352 e. The topological polar surface area (TPSA) is 55.1 Å². The summed E-state index contributed by atoms with van der Waals surface area (Å²) in [5.41, 5.74) is 8.42. The highest BCUT2D eigenvalue weighted by Gasteiger charge is 2.59. The van der Waals surface area contributed by atoms with Crippen LogP contribution >= 0.6 is 12.6 Å². The number of fused-ring (bicyclic) bond motifs is 5. The predicted molar refractivity (Wildman–Crippen MR) is 147 cm³/mol. The highest BCUT2D eigenvalue weighted by Crippen LogP contribution is 2.67. The largest absolute Gasteiger partial charge is 0.352 e. The van der Waals surface area contributed by atoms with Crippen molar-refractivity contribution in [3.63, 3.8) is 0 Å².